The van der Waals surface area contributed by atoms with E-state index in [0.717, 1.165) is 42.9 Å². The van der Waals surface area contributed by atoms with Crippen LogP contribution in [-0.4, -0.2) is 34.7 Å². The van der Waals surface area contributed by atoms with Crippen molar-refractivity contribution in [3.63, 3.8) is 0 Å². The highest BCUT2D eigenvalue weighted by atomic mass is 16.5. The van der Waals surface area contributed by atoms with Crippen molar-refractivity contribution in [2.24, 2.45) is 0 Å². The average Bonchev–Trinajstić information content (AvgIpc) is 3.13. The lowest BCUT2D eigenvalue weighted by atomic mass is 10.2. The molecule has 126 valence electrons. The van der Waals surface area contributed by atoms with Crippen LogP contribution in [-0.2, 0) is 0 Å². The van der Waals surface area contributed by atoms with Gasteiger partial charge in [-0.15, -0.1) is 0 Å². The van der Waals surface area contributed by atoms with Gasteiger partial charge in [0.05, 0.1) is 7.11 Å². The maximum atomic E-state index is 12.6. The summed E-state index contributed by atoms with van der Waals surface area (Å²) < 4.78 is 10.5. The number of methoxy groups -OCH3 is 1. The molecule has 1 aliphatic carbocycles. The second kappa shape index (κ2) is 6.14. The summed E-state index contributed by atoms with van der Waals surface area (Å²) in [7, 11) is 1.61. The summed E-state index contributed by atoms with van der Waals surface area (Å²) in [6.07, 6.45) is 4.04. The van der Waals surface area contributed by atoms with Gasteiger partial charge in [0, 0.05) is 18.2 Å². The van der Waals surface area contributed by atoms with Gasteiger partial charge in [0.1, 0.15) is 11.8 Å². The van der Waals surface area contributed by atoms with Gasteiger partial charge in [-0.25, -0.2) is 4.79 Å². The van der Waals surface area contributed by atoms with E-state index < -0.39 is 0 Å². The van der Waals surface area contributed by atoms with E-state index in [4.69, 9.17) is 9.26 Å². The molecular weight excluding hydrogens is 308 g/mol. The summed E-state index contributed by atoms with van der Waals surface area (Å²) >= 11 is 0. The fraction of sp³-hybridized carbons (Fsp3) is 0.471. The van der Waals surface area contributed by atoms with Gasteiger partial charge in [0.25, 0.3) is 0 Å². The van der Waals surface area contributed by atoms with Crippen LogP contribution in [0.4, 0.5) is 10.5 Å². The Balaban J connectivity index is 1.45. The summed E-state index contributed by atoms with van der Waals surface area (Å²) in [4.78, 5) is 18.9. The van der Waals surface area contributed by atoms with Crippen molar-refractivity contribution in [2.75, 3.05) is 19.0 Å². The van der Waals surface area contributed by atoms with Crippen molar-refractivity contribution < 1.29 is 14.1 Å². The molecule has 1 N–H and O–H groups in total. The van der Waals surface area contributed by atoms with Gasteiger partial charge in [0.15, 0.2) is 5.82 Å². The molecule has 2 fully saturated rings. The molecule has 1 unspecified atom stereocenters. The third-order valence-electron chi connectivity index (χ3n) is 4.54. The number of anilines is 1. The molecule has 2 aliphatic rings. The molecule has 1 atom stereocenters. The Morgan fingerprint density at radius 1 is 1.29 bits per heavy atom. The maximum Gasteiger partial charge on any atom is 0.322 e. The fourth-order valence-corrected chi connectivity index (χ4v) is 3.03. The molecule has 1 saturated heterocycles. The highest BCUT2D eigenvalue weighted by molar-refractivity contribution is 5.89. The molecule has 2 aromatic rings. The molecule has 1 saturated carbocycles. The summed E-state index contributed by atoms with van der Waals surface area (Å²) in [5, 5.41) is 6.98. The Morgan fingerprint density at radius 3 is 2.79 bits per heavy atom. The molecule has 24 heavy (non-hydrogen) atoms. The Morgan fingerprint density at radius 2 is 2.08 bits per heavy atom. The van der Waals surface area contributed by atoms with Crippen molar-refractivity contribution >= 4 is 11.7 Å². The standard InChI is InChI=1S/C17H20N4O3/c1-23-13-8-6-12(7-9-13)18-17(22)21-10-2-3-14(21)16-19-15(20-24-16)11-4-5-11/h6-9,11,14H,2-5,10H2,1H3,(H,18,22). The number of nitrogens with zero attached hydrogens (tertiary/aromatic N) is 3. The topological polar surface area (TPSA) is 80.5 Å². The fourth-order valence-electron chi connectivity index (χ4n) is 3.03. The summed E-state index contributed by atoms with van der Waals surface area (Å²) in [5.74, 6) is 2.54. The van der Waals surface area contributed by atoms with E-state index in [1.54, 1.807) is 12.0 Å². The summed E-state index contributed by atoms with van der Waals surface area (Å²) in [6.45, 7) is 0.688. The van der Waals surface area contributed by atoms with Gasteiger partial charge in [0.2, 0.25) is 5.89 Å². The SMILES string of the molecule is COc1ccc(NC(=O)N2CCCC2c2nc(C3CC3)no2)cc1. The first kappa shape index (κ1) is 15.0. The Bertz CT molecular complexity index is 724. The normalized spacial score (nSPS) is 20.2. The van der Waals surface area contributed by atoms with Crippen LogP contribution in [0.5, 0.6) is 5.75 Å². The number of ether oxygens (including phenoxy) is 1. The number of urea groups is 1. The number of hydrogen-bond acceptors (Lipinski definition) is 5. The highest BCUT2D eigenvalue weighted by Crippen LogP contribution is 2.39. The predicted octanol–water partition coefficient (Wildman–Crippen LogP) is 3.32. The van der Waals surface area contributed by atoms with E-state index in [9.17, 15) is 4.79 Å². The first-order chi connectivity index (χ1) is 11.7. The largest absolute Gasteiger partial charge is 0.497 e. The van der Waals surface area contributed by atoms with Gasteiger partial charge in [-0.2, -0.15) is 4.98 Å². The number of rotatable bonds is 4. The smallest absolute Gasteiger partial charge is 0.322 e. The van der Waals surface area contributed by atoms with Crippen LogP contribution in [0, 0.1) is 0 Å². The van der Waals surface area contributed by atoms with E-state index in [-0.39, 0.29) is 12.1 Å². The van der Waals surface area contributed by atoms with Crippen LogP contribution in [0.15, 0.2) is 28.8 Å². The van der Waals surface area contributed by atoms with E-state index in [1.165, 1.54) is 0 Å². The van der Waals surface area contributed by atoms with Crippen LogP contribution >= 0.6 is 0 Å². The molecule has 7 nitrogen and oxygen atoms in total. The molecule has 0 radical (unpaired) electrons. The molecule has 0 spiro atoms. The Labute approximate surface area is 140 Å². The lowest BCUT2D eigenvalue weighted by Gasteiger charge is -2.22. The lowest BCUT2D eigenvalue weighted by molar-refractivity contribution is 0.193. The zero-order chi connectivity index (χ0) is 16.5. The minimum absolute atomic E-state index is 0.136. The quantitative estimate of drug-likeness (QED) is 0.931. The summed E-state index contributed by atoms with van der Waals surface area (Å²) in [5.41, 5.74) is 0.732. The van der Waals surface area contributed by atoms with Gasteiger partial charge < -0.3 is 19.5 Å². The highest BCUT2D eigenvalue weighted by Gasteiger charge is 2.36. The molecule has 1 aliphatic heterocycles. The zero-order valence-electron chi connectivity index (χ0n) is 13.6. The Kier molecular flexibility index (Phi) is 3.84. The van der Waals surface area contributed by atoms with Crippen molar-refractivity contribution in [3.05, 3.63) is 36.0 Å². The minimum Gasteiger partial charge on any atom is -0.497 e. The molecule has 7 heteroatoms. The van der Waals surface area contributed by atoms with Crippen molar-refractivity contribution in [1.29, 1.82) is 0 Å². The Hall–Kier alpha value is -2.57. The van der Waals surface area contributed by atoms with Gasteiger partial charge in [-0.05, 0) is 49.9 Å². The van der Waals surface area contributed by atoms with Crippen molar-refractivity contribution in [1.82, 2.24) is 15.0 Å². The van der Waals surface area contributed by atoms with E-state index >= 15 is 0 Å². The van der Waals surface area contributed by atoms with Gasteiger partial charge >= 0.3 is 6.03 Å². The van der Waals surface area contributed by atoms with Crippen molar-refractivity contribution in [3.8, 4) is 5.75 Å². The molecule has 1 aromatic heterocycles. The molecule has 2 heterocycles. The molecule has 2 amide bonds. The van der Waals surface area contributed by atoms with Crippen LogP contribution in [0.1, 0.15) is 49.4 Å². The molecule has 4 rings (SSSR count). The second-order valence-electron chi connectivity index (χ2n) is 6.28. The second-order valence-corrected chi connectivity index (χ2v) is 6.28. The van der Waals surface area contributed by atoms with Crippen molar-refractivity contribution in [2.45, 2.75) is 37.6 Å². The number of carbonyl (C=O) groups excluding carboxylic acids is 1. The number of nitrogens with one attached hydrogen (secondary N) is 1. The molecule has 0 bridgehead atoms. The third-order valence-corrected chi connectivity index (χ3v) is 4.54. The van der Waals surface area contributed by atoms with Crippen LogP contribution < -0.4 is 10.1 Å². The third kappa shape index (κ3) is 2.93. The lowest BCUT2D eigenvalue weighted by Crippen LogP contribution is -2.34. The maximum absolute atomic E-state index is 12.6. The first-order valence-corrected chi connectivity index (χ1v) is 8.30. The number of benzene rings is 1. The van der Waals surface area contributed by atoms with Crippen LogP contribution in [0.3, 0.4) is 0 Å². The van der Waals surface area contributed by atoms with E-state index in [2.05, 4.69) is 15.5 Å². The number of likely N-dealkylation sites (tertiary alicyclic amines) is 1. The number of carbonyl (C=O) groups is 1. The predicted molar refractivity (Wildman–Crippen MR) is 87.0 cm³/mol. The molecule has 1 aromatic carbocycles. The van der Waals surface area contributed by atoms with E-state index in [1.807, 2.05) is 24.3 Å². The molecular formula is C17H20N4O3. The number of hydrogen-bond donors (Lipinski definition) is 1. The number of amides is 2. The van der Waals surface area contributed by atoms with E-state index in [0.29, 0.717) is 18.4 Å². The minimum atomic E-state index is -0.145. The van der Waals surface area contributed by atoms with Gasteiger partial charge in [-0.1, -0.05) is 5.16 Å². The number of aromatic nitrogens is 2. The van der Waals surface area contributed by atoms with Crippen LogP contribution in [0.2, 0.25) is 0 Å². The average molecular weight is 328 g/mol. The first-order valence-electron chi connectivity index (χ1n) is 8.30. The zero-order valence-corrected chi connectivity index (χ0v) is 13.6. The van der Waals surface area contributed by atoms with Crippen LogP contribution in [0.25, 0.3) is 0 Å². The monoisotopic (exact) mass is 328 g/mol. The van der Waals surface area contributed by atoms with Gasteiger partial charge in [-0.3, -0.25) is 0 Å². The summed E-state index contributed by atoms with van der Waals surface area (Å²) in [6, 6.07) is 6.99.